The Labute approximate surface area is 449 Å². The van der Waals surface area contributed by atoms with Crippen LogP contribution < -0.4 is 15.0 Å². The third kappa shape index (κ3) is 14.3. The molecule has 0 atom stereocenters. The van der Waals surface area contributed by atoms with E-state index in [0.717, 1.165) is 30.9 Å². The standard InChI is InChI=1S/C53H62N4O16S4/c1-52(2)42-34-40(76(67,68)69)19-21-44(42)55(30-32-74(61,62)63)46(52)23-15-37-10-9-11-38(16-24-47-53(3,4)43-35-41(77(70,71)72)20-22-45(43)56(47)31-33-75(64,65)66)51(37)73-39-17-12-36(13-18-39)14-25-48(58)54-28-7-5-6-8-29-57-49(59)26-27-50(57)60/h12-13,15-24,26-27,34-35H,5-11,14,25,28-33H2,1-4H3,(H4-,54,58,61,62,63,64,65,66,67,68,69,70,71,72). The molecule has 7 rings (SSSR count). The molecule has 1 aliphatic carbocycles. The van der Waals surface area contributed by atoms with Crippen LogP contribution in [0.5, 0.6) is 5.75 Å². The fourth-order valence-corrected chi connectivity index (χ4v) is 11.9. The van der Waals surface area contributed by atoms with Gasteiger partial charge in [0, 0.05) is 72.7 Å². The molecule has 3 amide bonds. The van der Waals surface area contributed by atoms with Gasteiger partial charge < -0.3 is 19.5 Å². The van der Waals surface area contributed by atoms with Crippen molar-refractivity contribution in [3.8, 4) is 5.75 Å². The molecule has 77 heavy (non-hydrogen) atoms. The maximum atomic E-state index is 12.8. The SMILES string of the molecule is CC1(C)C(/C=C/C2=C(Oc3ccc(CCC(=O)NCCCCCCN4C(=O)C=CC4=O)cc3)C(=C/C=C3/N(CCS(=O)(=O)O)c4ccc(S(=O)(=O)O)cc4C3(C)C)/CCC2)=[N+](CCS(=O)(=O)O)c2ccc(S(=O)(=O)[O-])cc21. The van der Waals surface area contributed by atoms with Gasteiger partial charge in [-0.15, -0.1) is 0 Å². The lowest BCUT2D eigenvalue weighted by Crippen LogP contribution is -2.30. The van der Waals surface area contributed by atoms with E-state index in [9.17, 15) is 66.3 Å². The molecular formula is C53H62N4O16S4. The molecule has 0 saturated carbocycles. The van der Waals surface area contributed by atoms with Crippen molar-refractivity contribution in [2.75, 3.05) is 42.6 Å². The van der Waals surface area contributed by atoms with Gasteiger partial charge in [-0.05, 0) is 129 Å². The second-order valence-electron chi connectivity index (χ2n) is 20.3. The van der Waals surface area contributed by atoms with Crippen LogP contribution in [0, 0.1) is 0 Å². The molecule has 0 unspecified atom stereocenters. The van der Waals surface area contributed by atoms with Gasteiger partial charge in [-0.25, -0.2) is 8.42 Å². The van der Waals surface area contributed by atoms with E-state index in [1.807, 2.05) is 18.2 Å². The smallest absolute Gasteiger partial charge is 0.294 e. The van der Waals surface area contributed by atoms with E-state index in [1.54, 1.807) is 67.5 Å². The van der Waals surface area contributed by atoms with Crippen molar-refractivity contribution in [2.45, 2.75) is 106 Å². The number of benzene rings is 3. The van der Waals surface area contributed by atoms with Gasteiger partial charge >= 0.3 is 0 Å². The molecule has 0 radical (unpaired) electrons. The summed E-state index contributed by atoms with van der Waals surface area (Å²) < 4.78 is 147. The zero-order chi connectivity index (χ0) is 56.3. The van der Waals surface area contributed by atoms with Crippen molar-refractivity contribution < 1.29 is 75.6 Å². The molecule has 3 aromatic rings. The summed E-state index contributed by atoms with van der Waals surface area (Å²) in [6.07, 6.45) is 14.9. The lowest BCUT2D eigenvalue weighted by Gasteiger charge is -2.27. The number of carbonyl (C=O) groups is 3. The zero-order valence-electron chi connectivity index (χ0n) is 43.0. The molecule has 0 spiro atoms. The van der Waals surface area contributed by atoms with Crippen LogP contribution in [-0.4, -0.2) is 122 Å². The van der Waals surface area contributed by atoms with E-state index < -0.39 is 67.7 Å². The van der Waals surface area contributed by atoms with Gasteiger partial charge in [0.2, 0.25) is 11.6 Å². The van der Waals surface area contributed by atoms with Gasteiger partial charge in [0.15, 0.2) is 12.3 Å². The summed E-state index contributed by atoms with van der Waals surface area (Å²) >= 11 is 0. The Morgan fingerprint density at radius 3 is 2.04 bits per heavy atom. The number of carbonyl (C=O) groups excluding carboxylic acids is 3. The predicted molar refractivity (Wildman–Crippen MR) is 286 cm³/mol. The van der Waals surface area contributed by atoms with Crippen LogP contribution >= 0.6 is 0 Å². The summed E-state index contributed by atoms with van der Waals surface area (Å²) in [7, 11) is -18.4. The maximum Gasteiger partial charge on any atom is 0.294 e. The first kappa shape index (κ1) is 58.6. The molecule has 20 nitrogen and oxygen atoms in total. The summed E-state index contributed by atoms with van der Waals surface area (Å²) in [4.78, 5) is 38.3. The number of aryl methyl sites for hydroxylation is 1. The number of rotatable bonds is 23. The quantitative estimate of drug-likeness (QED) is 0.0355. The van der Waals surface area contributed by atoms with E-state index in [1.165, 1.54) is 47.4 Å². The molecule has 0 fully saturated rings. The summed E-state index contributed by atoms with van der Waals surface area (Å²) in [6, 6.07) is 15.0. The van der Waals surface area contributed by atoms with Gasteiger partial charge in [-0.1, -0.05) is 44.9 Å². The van der Waals surface area contributed by atoms with Gasteiger partial charge in [0.25, 0.3) is 42.2 Å². The molecule has 4 N–H and O–H groups in total. The monoisotopic (exact) mass is 1140 g/mol. The molecule has 3 aromatic carbocycles. The second kappa shape index (κ2) is 23.1. The van der Waals surface area contributed by atoms with Gasteiger partial charge in [0.05, 0.1) is 21.0 Å². The summed E-state index contributed by atoms with van der Waals surface area (Å²) in [5.41, 5.74) is 3.10. The molecule has 3 heterocycles. The fraction of sp³-hybridized carbons (Fsp3) is 0.396. The Morgan fingerprint density at radius 1 is 0.740 bits per heavy atom. The first-order chi connectivity index (χ1) is 35.9. The van der Waals surface area contributed by atoms with E-state index in [2.05, 4.69) is 5.32 Å². The van der Waals surface area contributed by atoms with Crippen LogP contribution in [0.2, 0.25) is 0 Å². The first-order valence-electron chi connectivity index (χ1n) is 24.9. The average Bonchev–Trinajstić information content (AvgIpc) is 3.90. The number of imide groups is 1. The lowest BCUT2D eigenvalue weighted by atomic mass is 9.81. The summed E-state index contributed by atoms with van der Waals surface area (Å²) in [6.45, 7) is 7.59. The number of anilines is 1. The van der Waals surface area contributed by atoms with E-state index >= 15 is 0 Å². The molecule has 4 aliphatic rings. The van der Waals surface area contributed by atoms with Crippen molar-refractivity contribution in [3.63, 3.8) is 0 Å². The highest BCUT2D eigenvalue weighted by Crippen LogP contribution is 2.49. The van der Waals surface area contributed by atoms with Crippen LogP contribution in [0.15, 0.2) is 130 Å². The molecule has 414 valence electrons. The minimum atomic E-state index is -4.87. The molecular weight excluding hydrogens is 1080 g/mol. The average molecular weight is 1140 g/mol. The lowest BCUT2D eigenvalue weighted by molar-refractivity contribution is -0.432. The maximum absolute atomic E-state index is 12.8. The van der Waals surface area contributed by atoms with Crippen molar-refractivity contribution in [2.24, 2.45) is 0 Å². The highest BCUT2D eigenvalue weighted by atomic mass is 32.2. The first-order valence-corrected chi connectivity index (χ1v) is 31.0. The Bertz CT molecular complexity index is 3500. The normalized spacial score (nSPS) is 18.6. The number of fused-ring (bicyclic) bond motifs is 2. The van der Waals surface area contributed by atoms with Crippen molar-refractivity contribution in [1.82, 2.24) is 10.2 Å². The number of nitrogens with one attached hydrogen (secondary N) is 1. The number of ether oxygens (including phenoxy) is 1. The molecule has 24 heteroatoms. The number of hydrogen-bond acceptors (Lipinski definition) is 14. The number of nitrogens with zero attached hydrogens (tertiary/aromatic N) is 3. The Kier molecular flexibility index (Phi) is 17.5. The van der Waals surface area contributed by atoms with Crippen LogP contribution in [0.3, 0.4) is 0 Å². The Balaban J connectivity index is 1.19. The minimum Gasteiger partial charge on any atom is -0.744 e. The Hall–Kier alpha value is -6.12. The molecule has 0 saturated heterocycles. The van der Waals surface area contributed by atoms with Crippen molar-refractivity contribution >= 4 is 75.3 Å². The summed E-state index contributed by atoms with van der Waals surface area (Å²) in [5, 5.41) is 2.94. The zero-order valence-corrected chi connectivity index (χ0v) is 46.2. The fourth-order valence-electron chi connectivity index (χ4n) is 10.0. The predicted octanol–water partition coefficient (Wildman–Crippen LogP) is 6.20. The second-order valence-corrected chi connectivity index (χ2v) is 26.2. The van der Waals surface area contributed by atoms with Crippen LogP contribution in [0.25, 0.3) is 0 Å². The van der Waals surface area contributed by atoms with Crippen molar-refractivity contribution in [1.29, 1.82) is 0 Å². The number of amides is 3. The molecule has 0 bridgehead atoms. The Morgan fingerprint density at radius 2 is 1.39 bits per heavy atom. The third-order valence-corrected chi connectivity index (χ3v) is 17.2. The van der Waals surface area contributed by atoms with Gasteiger partial charge in [-0.3, -0.25) is 32.9 Å². The van der Waals surface area contributed by atoms with Crippen LogP contribution in [0.4, 0.5) is 11.4 Å². The van der Waals surface area contributed by atoms with Crippen LogP contribution in [0.1, 0.15) is 95.8 Å². The minimum absolute atomic E-state index is 0.125. The molecule has 0 aromatic heterocycles. The number of hydrogen-bond donors (Lipinski definition) is 4. The topological polar surface area (TPSA) is 302 Å². The number of allylic oxidation sites excluding steroid dienone is 7. The van der Waals surface area contributed by atoms with E-state index in [4.69, 9.17) is 4.74 Å². The van der Waals surface area contributed by atoms with Gasteiger partial charge in [-0.2, -0.15) is 29.8 Å². The highest BCUT2D eigenvalue weighted by molar-refractivity contribution is 7.86. The van der Waals surface area contributed by atoms with Crippen LogP contribution in [-0.2, 0) is 72.1 Å². The third-order valence-electron chi connectivity index (χ3n) is 14.1. The van der Waals surface area contributed by atoms with E-state index in [0.29, 0.717) is 102 Å². The van der Waals surface area contributed by atoms with E-state index in [-0.39, 0.29) is 42.1 Å². The van der Waals surface area contributed by atoms with Gasteiger partial charge in [0.1, 0.15) is 27.4 Å². The largest absolute Gasteiger partial charge is 0.744 e. The number of unbranched alkanes of at least 4 members (excludes halogenated alkanes) is 3. The highest BCUT2D eigenvalue weighted by Gasteiger charge is 2.45. The summed E-state index contributed by atoms with van der Waals surface area (Å²) in [5.74, 6) is -1.21. The molecule has 3 aliphatic heterocycles. The van der Waals surface area contributed by atoms with Crippen molar-refractivity contribution in [3.05, 3.63) is 136 Å².